The number of aliphatic imine (C=N–C) groups is 1. The first-order valence-corrected chi connectivity index (χ1v) is 9.81. The highest BCUT2D eigenvalue weighted by Gasteiger charge is 2.52. The fourth-order valence-corrected chi connectivity index (χ4v) is 4.94. The standard InChI is InChI=1S/C20H20FN3O2S/c1-12-15-10-27-19(22)24-20(15,11-26-12)14-8-13(5-6-16(14)21)9-18(25)17-4-2-3-7-23-17/h2-8,12,15H,9-11H2,1H3,(H2,22,24)/t12-,15-,20-/m1/s1. The quantitative estimate of drug-likeness (QED) is 0.819. The van der Waals surface area contributed by atoms with Crippen LogP contribution in [0.15, 0.2) is 47.6 Å². The van der Waals surface area contributed by atoms with Crippen LogP contribution in [0.2, 0.25) is 0 Å². The molecule has 140 valence electrons. The number of nitrogens with zero attached hydrogens (tertiary/aromatic N) is 2. The van der Waals surface area contributed by atoms with Crippen molar-refractivity contribution in [1.82, 2.24) is 4.98 Å². The van der Waals surface area contributed by atoms with Crippen LogP contribution in [0.1, 0.15) is 28.5 Å². The van der Waals surface area contributed by atoms with Gasteiger partial charge >= 0.3 is 0 Å². The minimum atomic E-state index is -0.830. The first-order chi connectivity index (χ1) is 13.0. The van der Waals surface area contributed by atoms with Crippen molar-refractivity contribution in [1.29, 1.82) is 0 Å². The molecule has 1 aromatic heterocycles. The smallest absolute Gasteiger partial charge is 0.185 e. The zero-order valence-electron chi connectivity index (χ0n) is 14.9. The summed E-state index contributed by atoms with van der Waals surface area (Å²) in [5.74, 6) is 0.300. The number of aromatic nitrogens is 1. The van der Waals surface area contributed by atoms with E-state index in [1.54, 1.807) is 36.5 Å². The van der Waals surface area contributed by atoms with Crippen LogP contribution >= 0.6 is 11.8 Å². The zero-order chi connectivity index (χ0) is 19.0. The molecule has 0 bridgehead atoms. The van der Waals surface area contributed by atoms with Gasteiger partial charge in [0, 0.05) is 29.9 Å². The molecule has 0 saturated carbocycles. The SMILES string of the molecule is C[C@H]1OC[C@]2(c3cc(CC(=O)c4ccccn4)ccc3F)N=C(N)SC[C@H]12. The van der Waals surface area contributed by atoms with Crippen LogP contribution in [-0.4, -0.2) is 34.4 Å². The molecular formula is C20H20FN3O2S. The van der Waals surface area contributed by atoms with Gasteiger partial charge in [0.25, 0.3) is 0 Å². The topological polar surface area (TPSA) is 77.6 Å². The van der Waals surface area contributed by atoms with Crippen LogP contribution < -0.4 is 5.73 Å². The molecule has 2 aromatic rings. The van der Waals surface area contributed by atoms with Crippen molar-refractivity contribution in [2.24, 2.45) is 16.6 Å². The monoisotopic (exact) mass is 385 g/mol. The van der Waals surface area contributed by atoms with Gasteiger partial charge in [-0.15, -0.1) is 0 Å². The summed E-state index contributed by atoms with van der Waals surface area (Å²) >= 11 is 1.47. The number of rotatable bonds is 4. The molecule has 1 saturated heterocycles. The molecule has 4 rings (SSSR count). The Kier molecular flexibility index (Phi) is 4.74. The number of benzene rings is 1. The fourth-order valence-electron chi connectivity index (χ4n) is 3.82. The lowest BCUT2D eigenvalue weighted by atomic mass is 9.78. The van der Waals surface area contributed by atoms with Gasteiger partial charge in [-0.2, -0.15) is 0 Å². The molecule has 1 aromatic carbocycles. The Balaban J connectivity index is 1.70. The van der Waals surface area contributed by atoms with Crippen molar-refractivity contribution in [3.8, 4) is 0 Å². The number of fused-ring (bicyclic) bond motifs is 1. The van der Waals surface area contributed by atoms with E-state index in [4.69, 9.17) is 10.5 Å². The summed E-state index contributed by atoms with van der Waals surface area (Å²) in [4.78, 5) is 21.2. The summed E-state index contributed by atoms with van der Waals surface area (Å²) in [5.41, 5.74) is 6.72. The van der Waals surface area contributed by atoms with Gasteiger partial charge in [-0.1, -0.05) is 23.9 Å². The Morgan fingerprint density at radius 2 is 2.26 bits per heavy atom. The average Bonchev–Trinajstić information content (AvgIpc) is 3.00. The molecule has 7 heteroatoms. The van der Waals surface area contributed by atoms with Crippen LogP contribution in [0.25, 0.3) is 0 Å². The Labute approximate surface area is 161 Å². The van der Waals surface area contributed by atoms with Gasteiger partial charge < -0.3 is 10.5 Å². The maximum atomic E-state index is 14.8. The minimum Gasteiger partial charge on any atom is -0.379 e. The average molecular weight is 385 g/mol. The number of hydrogen-bond donors (Lipinski definition) is 1. The zero-order valence-corrected chi connectivity index (χ0v) is 15.7. The molecule has 0 radical (unpaired) electrons. The molecule has 2 aliphatic heterocycles. The normalized spacial score (nSPS) is 27.1. The lowest BCUT2D eigenvalue weighted by Crippen LogP contribution is -2.41. The van der Waals surface area contributed by atoms with Crippen LogP contribution in [-0.2, 0) is 16.7 Å². The highest BCUT2D eigenvalue weighted by molar-refractivity contribution is 8.13. The highest BCUT2D eigenvalue weighted by atomic mass is 32.2. The van der Waals surface area contributed by atoms with E-state index in [0.29, 0.717) is 16.4 Å². The van der Waals surface area contributed by atoms with Crippen molar-refractivity contribution in [2.45, 2.75) is 25.0 Å². The Morgan fingerprint density at radius 3 is 3.04 bits per heavy atom. The number of ether oxygens (including phenoxy) is 1. The number of pyridine rings is 1. The fraction of sp³-hybridized carbons (Fsp3) is 0.350. The van der Waals surface area contributed by atoms with Crippen molar-refractivity contribution < 1.29 is 13.9 Å². The van der Waals surface area contributed by atoms with Gasteiger partial charge in [-0.25, -0.2) is 9.38 Å². The number of thioether (sulfide) groups is 1. The van der Waals surface area contributed by atoms with Gasteiger partial charge in [0.1, 0.15) is 17.1 Å². The van der Waals surface area contributed by atoms with Gasteiger partial charge in [0.2, 0.25) is 0 Å². The third-order valence-electron chi connectivity index (χ3n) is 5.28. The summed E-state index contributed by atoms with van der Waals surface area (Å²) in [6.45, 7) is 2.27. The van der Waals surface area contributed by atoms with E-state index in [1.807, 2.05) is 6.92 Å². The molecule has 2 N–H and O–H groups in total. The molecule has 2 aliphatic rings. The maximum Gasteiger partial charge on any atom is 0.185 e. The number of amidine groups is 1. The third-order valence-corrected chi connectivity index (χ3v) is 6.19. The van der Waals surface area contributed by atoms with Crippen molar-refractivity contribution >= 4 is 22.7 Å². The molecule has 27 heavy (non-hydrogen) atoms. The summed E-state index contributed by atoms with van der Waals surface area (Å²) in [5, 5.41) is 0.443. The summed E-state index contributed by atoms with van der Waals surface area (Å²) < 4.78 is 20.7. The molecule has 0 amide bonds. The number of carbonyl (C=O) groups is 1. The maximum absolute atomic E-state index is 14.8. The van der Waals surface area contributed by atoms with Crippen molar-refractivity contribution in [3.63, 3.8) is 0 Å². The first-order valence-electron chi connectivity index (χ1n) is 8.82. The lowest BCUT2D eigenvalue weighted by Gasteiger charge is -2.35. The van der Waals surface area contributed by atoms with Crippen LogP contribution in [0.4, 0.5) is 4.39 Å². The second kappa shape index (κ2) is 7.05. The number of hydrogen-bond acceptors (Lipinski definition) is 6. The minimum absolute atomic E-state index is 0.0334. The predicted octanol–water partition coefficient (Wildman–Crippen LogP) is 2.94. The van der Waals surface area contributed by atoms with Crippen LogP contribution in [0.3, 0.4) is 0 Å². The van der Waals surface area contributed by atoms with E-state index in [-0.39, 0.29) is 36.7 Å². The third kappa shape index (κ3) is 3.26. The predicted molar refractivity (Wildman–Crippen MR) is 103 cm³/mol. The van der Waals surface area contributed by atoms with E-state index in [1.165, 1.54) is 17.8 Å². The van der Waals surface area contributed by atoms with Crippen LogP contribution in [0.5, 0.6) is 0 Å². The van der Waals surface area contributed by atoms with E-state index in [0.717, 1.165) is 11.3 Å². The van der Waals surface area contributed by atoms with Gasteiger partial charge in [-0.3, -0.25) is 9.78 Å². The van der Waals surface area contributed by atoms with Crippen molar-refractivity contribution in [2.75, 3.05) is 12.4 Å². The Bertz CT molecular complexity index is 905. The number of ketones is 1. The van der Waals surface area contributed by atoms with Gasteiger partial charge in [-0.05, 0) is 36.8 Å². The summed E-state index contributed by atoms with van der Waals surface area (Å²) in [6.07, 6.45) is 1.70. The second-order valence-electron chi connectivity index (χ2n) is 6.94. The number of carbonyl (C=O) groups excluding carboxylic acids is 1. The number of nitrogens with two attached hydrogens (primary N) is 1. The molecule has 0 aliphatic carbocycles. The first kappa shape index (κ1) is 18.1. The summed E-state index contributed by atoms with van der Waals surface area (Å²) in [6, 6.07) is 9.98. The summed E-state index contributed by atoms with van der Waals surface area (Å²) in [7, 11) is 0. The molecular weight excluding hydrogens is 365 g/mol. The molecule has 5 nitrogen and oxygen atoms in total. The largest absolute Gasteiger partial charge is 0.379 e. The molecule has 3 heterocycles. The molecule has 3 atom stereocenters. The van der Waals surface area contributed by atoms with E-state index in [2.05, 4.69) is 9.98 Å². The second-order valence-corrected chi connectivity index (χ2v) is 7.98. The van der Waals surface area contributed by atoms with E-state index < -0.39 is 5.54 Å². The van der Waals surface area contributed by atoms with Crippen molar-refractivity contribution in [3.05, 3.63) is 65.2 Å². The van der Waals surface area contributed by atoms with Gasteiger partial charge in [0.15, 0.2) is 11.0 Å². The number of Topliss-reactive ketones (excluding diaryl/α,β-unsaturated/α-hetero) is 1. The highest BCUT2D eigenvalue weighted by Crippen LogP contribution is 2.48. The van der Waals surface area contributed by atoms with E-state index >= 15 is 0 Å². The Morgan fingerprint density at radius 1 is 1.41 bits per heavy atom. The molecule has 0 spiro atoms. The molecule has 1 fully saturated rings. The van der Waals surface area contributed by atoms with E-state index in [9.17, 15) is 9.18 Å². The van der Waals surface area contributed by atoms with Gasteiger partial charge in [0.05, 0.1) is 12.7 Å². The Hall–Kier alpha value is -2.25. The molecule has 0 unspecified atom stereocenters. The van der Waals surface area contributed by atoms with Crippen LogP contribution in [0, 0.1) is 11.7 Å². The number of halogens is 1. The lowest BCUT2D eigenvalue weighted by molar-refractivity contribution is 0.0988.